The molecular weight excluding hydrogens is 271 g/mol. The quantitative estimate of drug-likeness (QED) is 0.383. The molecule has 0 fully saturated rings. The van der Waals surface area contributed by atoms with Gasteiger partial charge in [-0.3, -0.25) is 0 Å². The van der Waals surface area contributed by atoms with Gasteiger partial charge in [-0.15, -0.1) is 0 Å². The van der Waals surface area contributed by atoms with Crippen LogP contribution in [-0.4, -0.2) is 18.5 Å². The summed E-state index contributed by atoms with van der Waals surface area (Å²) in [5.41, 5.74) is 1.40. The van der Waals surface area contributed by atoms with E-state index in [2.05, 4.69) is 57.7 Å². The lowest BCUT2D eigenvalue weighted by Gasteiger charge is -2.29. The summed E-state index contributed by atoms with van der Waals surface area (Å²) >= 11 is 0. The lowest BCUT2D eigenvalue weighted by molar-refractivity contribution is 0.841. The molecular formula is C20H34P+. The predicted octanol–water partition coefficient (Wildman–Crippen LogP) is 7.08. The molecule has 0 aliphatic rings. The van der Waals surface area contributed by atoms with Crippen molar-refractivity contribution >= 4 is 12.6 Å². The van der Waals surface area contributed by atoms with Crippen LogP contribution in [0.25, 0.3) is 5.31 Å². The Hall–Kier alpha value is -0.610. The zero-order valence-corrected chi connectivity index (χ0v) is 15.3. The second-order valence-corrected chi connectivity index (χ2v) is 10.4. The van der Waals surface area contributed by atoms with Crippen LogP contribution in [0.5, 0.6) is 0 Å². The molecule has 0 nitrogen and oxygen atoms in total. The van der Waals surface area contributed by atoms with Gasteiger partial charge in [0, 0.05) is 12.8 Å². The van der Waals surface area contributed by atoms with Crippen LogP contribution in [-0.2, 0) is 0 Å². The summed E-state index contributed by atoms with van der Waals surface area (Å²) in [7, 11) is -1.05. The smallest absolute Gasteiger partial charge is 0.0652 e. The molecule has 0 N–H and O–H groups in total. The average molecular weight is 305 g/mol. The first-order valence-electron chi connectivity index (χ1n) is 8.81. The first-order valence-corrected chi connectivity index (χ1v) is 11.2. The van der Waals surface area contributed by atoms with E-state index in [-0.39, 0.29) is 0 Å². The van der Waals surface area contributed by atoms with Gasteiger partial charge in [0.05, 0.1) is 23.8 Å². The van der Waals surface area contributed by atoms with E-state index in [0.29, 0.717) is 0 Å². The minimum Gasteiger partial charge on any atom is -0.0652 e. The van der Waals surface area contributed by atoms with E-state index in [1.54, 1.807) is 0 Å². The fourth-order valence-electron chi connectivity index (χ4n) is 3.03. The summed E-state index contributed by atoms with van der Waals surface area (Å²) in [5, 5.41) is 1.50. The monoisotopic (exact) mass is 305 g/mol. The van der Waals surface area contributed by atoms with Gasteiger partial charge in [-0.05, 0) is 19.3 Å². The molecule has 21 heavy (non-hydrogen) atoms. The van der Waals surface area contributed by atoms with Crippen LogP contribution in [0.3, 0.4) is 0 Å². The third-order valence-corrected chi connectivity index (χ3v) is 9.42. The summed E-state index contributed by atoms with van der Waals surface area (Å²) in [6, 6.07) is 11.0. The zero-order valence-electron chi connectivity index (χ0n) is 14.4. The van der Waals surface area contributed by atoms with Crippen LogP contribution >= 0.6 is 7.26 Å². The summed E-state index contributed by atoms with van der Waals surface area (Å²) < 4.78 is 0. The summed E-state index contributed by atoms with van der Waals surface area (Å²) in [6.45, 7) is 11.6. The number of hydrogen-bond donors (Lipinski definition) is 0. The van der Waals surface area contributed by atoms with Crippen molar-refractivity contribution in [2.45, 2.75) is 59.3 Å². The van der Waals surface area contributed by atoms with E-state index >= 15 is 0 Å². The Morgan fingerprint density at radius 2 is 1.24 bits per heavy atom. The van der Waals surface area contributed by atoms with E-state index in [9.17, 15) is 0 Å². The van der Waals surface area contributed by atoms with Crippen molar-refractivity contribution in [3.8, 4) is 0 Å². The highest BCUT2D eigenvalue weighted by molar-refractivity contribution is 7.85. The number of hydrogen-bond acceptors (Lipinski definition) is 0. The molecule has 1 aromatic carbocycles. The fourth-order valence-corrected chi connectivity index (χ4v) is 7.97. The largest absolute Gasteiger partial charge is 0.0940 e. The van der Waals surface area contributed by atoms with Gasteiger partial charge in [-0.1, -0.05) is 76.9 Å². The van der Waals surface area contributed by atoms with Crippen molar-refractivity contribution in [2.75, 3.05) is 18.5 Å². The third kappa shape index (κ3) is 5.59. The molecule has 0 radical (unpaired) electrons. The highest BCUT2D eigenvalue weighted by Gasteiger charge is 2.39. The van der Waals surface area contributed by atoms with E-state index in [0.717, 1.165) is 0 Å². The van der Waals surface area contributed by atoms with Crippen molar-refractivity contribution in [1.82, 2.24) is 0 Å². The van der Waals surface area contributed by atoms with E-state index in [1.807, 2.05) is 0 Å². The highest BCUT2D eigenvalue weighted by Crippen LogP contribution is 2.70. The molecule has 0 saturated heterocycles. The van der Waals surface area contributed by atoms with Gasteiger partial charge < -0.3 is 0 Å². The molecule has 0 aromatic heterocycles. The molecule has 0 saturated carbocycles. The Bertz CT molecular complexity index is 372. The van der Waals surface area contributed by atoms with E-state index < -0.39 is 7.26 Å². The normalized spacial score (nSPS) is 11.6. The van der Waals surface area contributed by atoms with Crippen molar-refractivity contribution < 1.29 is 0 Å². The molecule has 0 unspecified atom stereocenters. The molecule has 0 aliphatic carbocycles. The molecule has 0 heterocycles. The predicted molar refractivity (Wildman–Crippen MR) is 102 cm³/mol. The third-order valence-electron chi connectivity index (χ3n) is 4.50. The average Bonchev–Trinajstić information content (AvgIpc) is 2.55. The summed E-state index contributed by atoms with van der Waals surface area (Å²) in [4.78, 5) is 0. The first-order chi connectivity index (χ1) is 10.2. The van der Waals surface area contributed by atoms with Crippen molar-refractivity contribution in [3.05, 3.63) is 42.5 Å². The van der Waals surface area contributed by atoms with Crippen molar-refractivity contribution in [3.63, 3.8) is 0 Å². The number of benzene rings is 1. The molecule has 1 aromatic rings. The van der Waals surface area contributed by atoms with E-state index in [1.165, 1.54) is 67.9 Å². The molecule has 0 amide bonds. The van der Waals surface area contributed by atoms with Crippen LogP contribution in [0.2, 0.25) is 0 Å². The lowest BCUT2D eigenvalue weighted by atomic mass is 10.2. The maximum atomic E-state index is 4.61. The Labute approximate surface area is 133 Å². The molecule has 0 atom stereocenters. The fraction of sp³-hybridized carbons (Fsp3) is 0.600. The molecule has 1 rings (SSSR count). The molecule has 0 spiro atoms. The van der Waals surface area contributed by atoms with Crippen LogP contribution < -0.4 is 0 Å². The van der Waals surface area contributed by atoms with Gasteiger partial charge in [0.15, 0.2) is 0 Å². The number of rotatable bonds is 11. The summed E-state index contributed by atoms with van der Waals surface area (Å²) in [5.74, 6) is 0. The molecule has 0 aliphatic heterocycles. The second kappa shape index (κ2) is 10.2. The Morgan fingerprint density at radius 1 is 0.810 bits per heavy atom. The second-order valence-electron chi connectivity index (χ2n) is 6.19. The van der Waals surface area contributed by atoms with Crippen LogP contribution in [0.15, 0.2) is 36.9 Å². The van der Waals surface area contributed by atoms with Crippen LogP contribution in [0.4, 0.5) is 0 Å². The van der Waals surface area contributed by atoms with Gasteiger partial charge in [0.2, 0.25) is 0 Å². The van der Waals surface area contributed by atoms with Crippen LogP contribution in [0.1, 0.15) is 64.9 Å². The maximum absolute atomic E-state index is 4.61. The standard InChI is InChI=1S/C20H34P/c1-5-8-16-21(17-9-6-2,18-10-7-3)19(4)20-14-12-11-13-15-20/h11-15H,4-10,16-18H2,1-3H3/q+1. The van der Waals surface area contributed by atoms with Crippen molar-refractivity contribution in [1.29, 1.82) is 0 Å². The van der Waals surface area contributed by atoms with Gasteiger partial charge in [-0.2, -0.15) is 0 Å². The highest BCUT2D eigenvalue weighted by atomic mass is 31.2. The Morgan fingerprint density at radius 3 is 1.62 bits per heavy atom. The Balaban J connectivity index is 3.02. The Kier molecular flexibility index (Phi) is 8.93. The maximum Gasteiger partial charge on any atom is 0.0940 e. The zero-order chi connectivity index (χ0) is 15.6. The minimum absolute atomic E-state index is 1.05. The van der Waals surface area contributed by atoms with Gasteiger partial charge in [0.25, 0.3) is 0 Å². The lowest BCUT2D eigenvalue weighted by Crippen LogP contribution is -2.10. The van der Waals surface area contributed by atoms with Crippen LogP contribution in [0, 0.1) is 0 Å². The van der Waals surface area contributed by atoms with Crippen molar-refractivity contribution in [2.24, 2.45) is 0 Å². The molecule has 118 valence electrons. The van der Waals surface area contributed by atoms with Gasteiger partial charge in [-0.25, -0.2) is 0 Å². The SMILES string of the molecule is C=C(c1ccccc1)[P+](CCCC)(CCCC)CCCC. The molecule has 0 bridgehead atoms. The molecule has 1 heteroatoms. The van der Waals surface area contributed by atoms with E-state index in [4.69, 9.17) is 0 Å². The first kappa shape index (κ1) is 18.4. The van der Waals surface area contributed by atoms with Gasteiger partial charge in [0.1, 0.15) is 0 Å². The number of unbranched alkanes of at least 4 members (excludes halogenated alkanes) is 3. The topological polar surface area (TPSA) is 0 Å². The summed E-state index contributed by atoms with van der Waals surface area (Å²) in [6.07, 6.45) is 12.3. The van der Waals surface area contributed by atoms with Gasteiger partial charge >= 0.3 is 0 Å². The minimum atomic E-state index is -1.05.